The average Bonchev–Trinajstić information content (AvgIpc) is 3.38. The van der Waals surface area contributed by atoms with Crippen LogP contribution in [0.5, 0.6) is 0 Å². The first-order chi connectivity index (χ1) is 21.6. The number of likely N-dealkylation sites (tertiary alicyclic amines) is 1. The van der Waals surface area contributed by atoms with Crippen molar-refractivity contribution in [2.45, 2.75) is 56.3 Å². The first kappa shape index (κ1) is 30.9. The lowest BCUT2D eigenvalue weighted by Gasteiger charge is -2.45. The van der Waals surface area contributed by atoms with E-state index in [1.807, 2.05) is 0 Å². The van der Waals surface area contributed by atoms with Crippen molar-refractivity contribution in [1.29, 1.82) is 0 Å². The number of methoxy groups -OCH3 is 1. The number of H-pyrrole nitrogens is 1. The second kappa shape index (κ2) is 12.4. The van der Waals surface area contributed by atoms with Crippen LogP contribution in [-0.2, 0) is 19.9 Å². The minimum Gasteiger partial charge on any atom is -0.453 e. The molecule has 0 aliphatic carbocycles. The second-order valence-corrected chi connectivity index (χ2v) is 12.1. The molecule has 5 N–H and O–H groups in total. The molecule has 45 heavy (non-hydrogen) atoms. The number of piperidine rings is 1. The van der Waals surface area contributed by atoms with Crippen molar-refractivity contribution in [2.24, 2.45) is 0 Å². The molecule has 1 fully saturated rings. The van der Waals surface area contributed by atoms with Crippen LogP contribution < -0.4 is 16.0 Å². The third-order valence-corrected chi connectivity index (χ3v) is 8.96. The van der Waals surface area contributed by atoms with E-state index in [-0.39, 0.29) is 33.9 Å². The number of aliphatic hydroxyl groups is 1. The zero-order valence-electron chi connectivity index (χ0n) is 24.2. The number of benzene rings is 2. The maximum Gasteiger partial charge on any atom is 0.412 e. The molecule has 3 atom stereocenters. The minimum atomic E-state index is -1.41. The molecule has 3 aliphatic rings. The van der Waals surface area contributed by atoms with Crippen molar-refractivity contribution < 1.29 is 33.4 Å². The van der Waals surface area contributed by atoms with Gasteiger partial charge >= 0.3 is 12.2 Å². The predicted molar refractivity (Wildman–Crippen MR) is 165 cm³/mol. The summed E-state index contributed by atoms with van der Waals surface area (Å²) in [5.41, 5.74) is 0.723. The fourth-order valence-corrected chi connectivity index (χ4v) is 6.72. The van der Waals surface area contributed by atoms with Crippen LogP contribution in [0.2, 0.25) is 10.2 Å². The molecular formula is C30H31Cl2FN6O6. The number of amides is 3. The van der Waals surface area contributed by atoms with Crippen molar-refractivity contribution in [3.05, 3.63) is 57.7 Å². The molecule has 2 aromatic carbocycles. The Bertz CT molecular complexity index is 1670. The van der Waals surface area contributed by atoms with Gasteiger partial charge in [0.2, 0.25) is 5.91 Å². The van der Waals surface area contributed by atoms with Crippen LogP contribution in [0.25, 0.3) is 11.3 Å². The molecule has 1 saturated heterocycles. The summed E-state index contributed by atoms with van der Waals surface area (Å²) in [6.07, 6.45) is 0.379. The monoisotopic (exact) mass is 660 g/mol. The lowest BCUT2D eigenvalue weighted by molar-refractivity contribution is -0.141. The number of fused-ring (bicyclic) bond motifs is 6. The fraction of sp³-hybridized carbons (Fsp3) is 0.400. The summed E-state index contributed by atoms with van der Waals surface area (Å²) in [7, 11) is 1.25. The number of halogens is 3. The van der Waals surface area contributed by atoms with Gasteiger partial charge in [-0.05, 0) is 62.4 Å². The molecule has 12 nitrogen and oxygen atoms in total. The highest BCUT2D eigenvalue weighted by atomic mass is 35.5. The van der Waals surface area contributed by atoms with Crippen LogP contribution in [0.4, 0.5) is 31.0 Å². The number of aromatic amines is 1. The minimum absolute atomic E-state index is 0.0667. The van der Waals surface area contributed by atoms with Crippen LogP contribution >= 0.6 is 23.2 Å². The Hall–Kier alpha value is -4.07. The van der Waals surface area contributed by atoms with Crippen LogP contribution in [0, 0.1) is 5.82 Å². The Balaban J connectivity index is 1.34. The van der Waals surface area contributed by atoms with E-state index < -0.39 is 35.8 Å². The number of ether oxygens (including phenoxy) is 2. The van der Waals surface area contributed by atoms with E-state index in [1.165, 1.54) is 19.2 Å². The standard InChI is InChI=1S/C30H31Cl2FN6O6/c1-44-28(42)34-15-7-8-16-20(13-15)35-21(40)6-3-2-5-17(26-37-24(16)25(32)38-26)27(41)39-12-4-11-30(14-39)22-19(36-29(43)45-30)10-9-18(31)23(22)33/h7-10,13,17,21,35,40H,2-6,11-12,14H2,1H3,(H,34,42)(H,36,43)(H,37,38)/t17?,21?,30-/m0/s1. The maximum absolute atomic E-state index is 15.4. The number of hydrogen-bond donors (Lipinski definition) is 5. The number of imidazole rings is 1. The second-order valence-electron chi connectivity index (χ2n) is 11.3. The number of carbonyl (C=O) groups excluding carboxylic acids is 3. The Kier molecular flexibility index (Phi) is 8.51. The van der Waals surface area contributed by atoms with E-state index in [0.29, 0.717) is 73.5 Å². The van der Waals surface area contributed by atoms with E-state index >= 15 is 4.39 Å². The molecule has 0 radical (unpaired) electrons. The third-order valence-electron chi connectivity index (χ3n) is 8.40. The van der Waals surface area contributed by atoms with Crippen molar-refractivity contribution in [3.63, 3.8) is 0 Å². The lowest BCUT2D eigenvalue weighted by Crippen LogP contribution is -2.54. The number of rotatable bonds is 2. The predicted octanol–water partition coefficient (Wildman–Crippen LogP) is 6.17. The van der Waals surface area contributed by atoms with E-state index in [2.05, 4.69) is 25.7 Å². The highest BCUT2D eigenvalue weighted by Gasteiger charge is 2.49. The fourth-order valence-electron chi connectivity index (χ4n) is 6.33. The van der Waals surface area contributed by atoms with Gasteiger partial charge in [-0.25, -0.2) is 19.0 Å². The van der Waals surface area contributed by atoms with Crippen molar-refractivity contribution in [3.8, 4) is 11.3 Å². The van der Waals surface area contributed by atoms with Gasteiger partial charge in [0.1, 0.15) is 22.9 Å². The van der Waals surface area contributed by atoms with E-state index in [9.17, 15) is 19.5 Å². The summed E-state index contributed by atoms with van der Waals surface area (Å²) in [6.45, 7) is 0.297. The number of anilines is 3. The topological polar surface area (TPSA) is 158 Å². The summed E-state index contributed by atoms with van der Waals surface area (Å²) < 4.78 is 25.9. The highest BCUT2D eigenvalue weighted by molar-refractivity contribution is 6.32. The van der Waals surface area contributed by atoms with E-state index in [0.717, 1.165) is 0 Å². The molecule has 4 heterocycles. The first-order valence-corrected chi connectivity index (χ1v) is 15.3. The van der Waals surface area contributed by atoms with Gasteiger partial charge in [-0.3, -0.25) is 15.4 Å². The number of aliphatic hydroxyl groups excluding tert-OH is 1. The number of nitrogens with one attached hydrogen (secondary N) is 4. The third kappa shape index (κ3) is 5.99. The van der Waals surface area contributed by atoms with E-state index in [4.69, 9.17) is 32.9 Å². The van der Waals surface area contributed by atoms with Crippen molar-refractivity contribution in [2.75, 3.05) is 36.1 Å². The summed E-state index contributed by atoms with van der Waals surface area (Å²) in [5.74, 6) is -1.38. The quantitative estimate of drug-likeness (QED) is 0.218. The SMILES string of the molecule is COC(=O)Nc1ccc2c(c1)NC(O)CCCCC(C(=O)N1CCC[C@@]3(C1)OC(=O)Nc1ccc(Cl)c(F)c13)c1nc-2c(Cl)[nH]1. The Morgan fingerprint density at radius 2 is 1.98 bits per heavy atom. The smallest absolute Gasteiger partial charge is 0.412 e. The van der Waals surface area contributed by atoms with Gasteiger partial charge in [0.25, 0.3) is 0 Å². The van der Waals surface area contributed by atoms with Crippen molar-refractivity contribution in [1.82, 2.24) is 14.9 Å². The lowest BCUT2D eigenvalue weighted by atomic mass is 9.82. The zero-order valence-corrected chi connectivity index (χ0v) is 25.7. The molecule has 0 saturated carbocycles. The molecule has 2 unspecified atom stereocenters. The Labute approximate surface area is 267 Å². The molecule has 3 aliphatic heterocycles. The molecule has 6 rings (SSSR count). The summed E-state index contributed by atoms with van der Waals surface area (Å²) >= 11 is 12.8. The number of nitrogens with zero attached hydrogens (tertiary/aromatic N) is 2. The molecule has 1 spiro atoms. The van der Waals surface area contributed by atoms with Gasteiger partial charge in [0.05, 0.1) is 35.8 Å². The van der Waals surface area contributed by atoms with Crippen LogP contribution in [-0.4, -0.2) is 64.5 Å². The van der Waals surface area contributed by atoms with Gasteiger partial charge in [0.15, 0.2) is 11.4 Å². The Morgan fingerprint density at radius 3 is 2.78 bits per heavy atom. The highest BCUT2D eigenvalue weighted by Crippen LogP contribution is 2.46. The summed E-state index contributed by atoms with van der Waals surface area (Å²) in [6, 6.07) is 7.85. The molecule has 3 aromatic rings. The average molecular weight is 662 g/mol. The maximum atomic E-state index is 15.4. The first-order valence-electron chi connectivity index (χ1n) is 14.5. The molecule has 15 heteroatoms. The molecule has 3 amide bonds. The largest absolute Gasteiger partial charge is 0.453 e. The Morgan fingerprint density at radius 1 is 1.18 bits per heavy atom. The van der Waals surface area contributed by atoms with Gasteiger partial charge in [0, 0.05) is 23.5 Å². The van der Waals surface area contributed by atoms with Crippen molar-refractivity contribution >= 4 is 58.4 Å². The van der Waals surface area contributed by atoms with E-state index in [1.54, 1.807) is 23.1 Å². The molecular weight excluding hydrogens is 630 g/mol. The number of aromatic nitrogens is 2. The van der Waals surface area contributed by atoms with Gasteiger partial charge in [-0.2, -0.15) is 0 Å². The summed E-state index contributed by atoms with van der Waals surface area (Å²) in [5, 5.41) is 19.0. The zero-order chi connectivity index (χ0) is 31.9. The van der Waals surface area contributed by atoms with Crippen LogP contribution in [0.1, 0.15) is 55.8 Å². The number of carbonyl (C=O) groups is 3. The van der Waals surface area contributed by atoms with Crippen LogP contribution in [0.15, 0.2) is 30.3 Å². The molecule has 238 valence electrons. The summed E-state index contributed by atoms with van der Waals surface area (Å²) in [4.78, 5) is 48.0. The van der Waals surface area contributed by atoms with Crippen LogP contribution in [0.3, 0.4) is 0 Å². The normalized spacial score (nSPS) is 22.9. The molecule has 1 aromatic heterocycles. The van der Waals surface area contributed by atoms with Gasteiger partial charge in [-0.1, -0.05) is 29.6 Å². The number of hydrogen-bond acceptors (Lipinski definition) is 8. The van der Waals surface area contributed by atoms with Gasteiger partial charge < -0.3 is 29.8 Å². The molecule has 2 bridgehead atoms. The van der Waals surface area contributed by atoms with Gasteiger partial charge in [-0.15, -0.1) is 0 Å².